The third-order valence-corrected chi connectivity index (χ3v) is 6.17. The van der Waals surface area contributed by atoms with Crippen molar-refractivity contribution in [3.63, 3.8) is 0 Å². The summed E-state index contributed by atoms with van der Waals surface area (Å²) in [4.78, 5) is 25.1. The molecule has 0 aliphatic rings. The number of hydrogen-bond acceptors (Lipinski definition) is 6. The standard InChI is InChI=1S/C24H19N3O5S/c1-16-7-13-20(14-8-16)33(30,31)27-24(29)19-11-9-18(10-12-19)23(28)26-21-15-25-32-22(21)17-5-3-2-4-6-17/h2-15H,1H3,(H,26,28)(H,27,29). The average Bonchev–Trinajstić information content (AvgIpc) is 3.28. The van der Waals surface area contributed by atoms with Crippen LogP contribution in [0.3, 0.4) is 0 Å². The first-order chi connectivity index (χ1) is 15.8. The van der Waals surface area contributed by atoms with Crippen LogP contribution in [0.2, 0.25) is 0 Å². The lowest BCUT2D eigenvalue weighted by Gasteiger charge is -2.08. The van der Waals surface area contributed by atoms with E-state index in [1.54, 1.807) is 12.1 Å². The van der Waals surface area contributed by atoms with Crippen molar-refractivity contribution in [2.24, 2.45) is 0 Å². The maximum absolute atomic E-state index is 12.6. The number of nitrogens with zero attached hydrogens (tertiary/aromatic N) is 1. The van der Waals surface area contributed by atoms with Crippen LogP contribution in [0.5, 0.6) is 0 Å². The molecule has 2 amide bonds. The number of carbonyl (C=O) groups is 2. The number of amides is 2. The quantitative estimate of drug-likeness (QED) is 0.448. The lowest BCUT2D eigenvalue weighted by molar-refractivity contribution is 0.0978. The number of aromatic nitrogens is 1. The molecule has 2 N–H and O–H groups in total. The van der Waals surface area contributed by atoms with Gasteiger partial charge in [-0.1, -0.05) is 53.2 Å². The van der Waals surface area contributed by atoms with E-state index >= 15 is 0 Å². The molecule has 0 bridgehead atoms. The minimum atomic E-state index is -4.01. The zero-order valence-corrected chi connectivity index (χ0v) is 18.3. The van der Waals surface area contributed by atoms with E-state index in [1.165, 1.54) is 42.6 Å². The SMILES string of the molecule is Cc1ccc(S(=O)(=O)NC(=O)c2ccc(C(=O)Nc3cnoc3-c3ccccc3)cc2)cc1. The van der Waals surface area contributed by atoms with Gasteiger partial charge in [-0.3, -0.25) is 9.59 Å². The van der Waals surface area contributed by atoms with Crippen LogP contribution in [0, 0.1) is 6.92 Å². The van der Waals surface area contributed by atoms with Crippen molar-refractivity contribution < 1.29 is 22.5 Å². The molecule has 0 saturated heterocycles. The number of benzene rings is 3. The molecule has 0 unspecified atom stereocenters. The number of rotatable bonds is 6. The minimum Gasteiger partial charge on any atom is -0.354 e. The zero-order valence-electron chi connectivity index (χ0n) is 17.5. The molecule has 0 radical (unpaired) electrons. The first-order valence-corrected chi connectivity index (χ1v) is 11.4. The first-order valence-electron chi connectivity index (χ1n) is 9.89. The summed E-state index contributed by atoms with van der Waals surface area (Å²) in [5, 5.41) is 6.47. The highest BCUT2D eigenvalue weighted by atomic mass is 32.2. The number of carbonyl (C=O) groups excluding carboxylic acids is 2. The van der Waals surface area contributed by atoms with Gasteiger partial charge in [-0.15, -0.1) is 0 Å². The number of nitrogens with one attached hydrogen (secondary N) is 2. The number of aryl methyl sites for hydroxylation is 1. The second kappa shape index (κ2) is 9.09. The Morgan fingerprint density at radius 1 is 0.818 bits per heavy atom. The fraction of sp³-hybridized carbons (Fsp3) is 0.0417. The molecule has 0 aliphatic carbocycles. The fourth-order valence-corrected chi connectivity index (χ4v) is 4.03. The van der Waals surface area contributed by atoms with Crippen LogP contribution in [-0.2, 0) is 10.0 Å². The molecule has 9 heteroatoms. The van der Waals surface area contributed by atoms with Gasteiger partial charge in [-0.05, 0) is 43.3 Å². The van der Waals surface area contributed by atoms with E-state index in [4.69, 9.17) is 4.52 Å². The van der Waals surface area contributed by atoms with Gasteiger partial charge < -0.3 is 9.84 Å². The summed E-state index contributed by atoms with van der Waals surface area (Å²) in [6.45, 7) is 1.83. The Morgan fingerprint density at radius 3 is 2.06 bits per heavy atom. The summed E-state index contributed by atoms with van der Waals surface area (Å²) >= 11 is 0. The summed E-state index contributed by atoms with van der Waals surface area (Å²) in [5.41, 5.74) is 2.42. The smallest absolute Gasteiger partial charge is 0.264 e. The average molecular weight is 461 g/mol. The zero-order chi connectivity index (χ0) is 23.4. The molecule has 33 heavy (non-hydrogen) atoms. The molecule has 1 heterocycles. The third kappa shape index (κ3) is 4.99. The Kier molecular flexibility index (Phi) is 6.05. The molecule has 8 nitrogen and oxygen atoms in total. The van der Waals surface area contributed by atoms with Gasteiger partial charge in [0.05, 0.1) is 11.1 Å². The maximum Gasteiger partial charge on any atom is 0.264 e. The van der Waals surface area contributed by atoms with E-state index in [0.29, 0.717) is 11.4 Å². The lowest BCUT2D eigenvalue weighted by Crippen LogP contribution is -2.30. The van der Waals surface area contributed by atoms with Gasteiger partial charge in [-0.2, -0.15) is 0 Å². The summed E-state index contributed by atoms with van der Waals surface area (Å²) in [7, 11) is -4.01. The molecular weight excluding hydrogens is 442 g/mol. The van der Waals surface area contributed by atoms with Crippen molar-refractivity contribution >= 4 is 27.5 Å². The summed E-state index contributed by atoms with van der Waals surface area (Å²) in [6.07, 6.45) is 1.40. The Hall–Kier alpha value is -4.24. The second-order valence-electron chi connectivity index (χ2n) is 7.21. The van der Waals surface area contributed by atoms with E-state index in [-0.39, 0.29) is 16.0 Å². The van der Waals surface area contributed by atoms with Crippen molar-refractivity contribution in [2.75, 3.05) is 5.32 Å². The van der Waals surface area contributed by atoms with Crippen molar-refractivity contribution in [3.8, 4) is 11.3 Å². The van der Waals surface area contributed by atoms with Crippen LogP contribution in [0.25, 0.3) is 11.3 Å². The molecule has 0 fully saturated rings. The monoisotopic (exact) mass is 461 g/mol. The molecule has 0 saturated carbocycles. The van der Waals surface area contributed by atoms with E-state index in [2.05, 4.69) is 10.5 Å². The van der Waals surface area contributed by atoms with E-state index in [0.717, 1.165) is 11.1 Å². The topological polar surface area (TPSA) is 118 Å². The first kappa shape index (κ1) is 22.0. The van der Waals surface area contributed by atoms with Crippen molar-refractivity contribution in [3.05, 3.63) is 102 Å². The normalized spacial score (nSPS) is 11.1. The van der Waals surface area contributed by atoms with Gasteiger partial charge in [0, 0.05) is 16.7 Å². The fourth-order valence-electron chi connectivity index (χ4n) is 3.05. The number of hydrogen-bond donors (Lipinski definition) is 2. The summed E-state index contributed by atoms with van der Waals surface area (Å²) in [6, 6.07) is 20.9. The van der Waals surface area contributed by atoms with Crippen LogP contribution in [0.1, 0.15) is 26.3 Å². The molecule has 3 aromatic carbocycles. The summed E-state index contributed by atoms with van der Waals surface area (Å²) in [5.74, 6) is -0.816. The maximum atomic E-state index is 12.6. The Balaban J connectivity index is 1.45. The molecule has 4 rings (SSSR count). The molecule has 0 atom stereocenters. The van der Waals surface area contributed by atoms with Gasteiger partial charge in [0.25, 0.3) is 21.8 Å². The van der Waals surface area contributed by atoms with Gasteiger partial charge in [-0.25, -0.2) is 13.1 Å². The van der Waals surface area contributed by atoms with Crippen LogP contribution in [0.15, 0.2) is 94.5 Å². The molecular formula is C24H19N3O5S. The molecule has 166 valence electrons. The van der Waals surface area contributed by atoms with Crippen molar-refractivity contribution in [1.29, 1.82) is 0 Å². The van der Waals surface area contributed by atoms with E-state index in [1.807, 2.05) is 42.0 Å². The van der Waals surface area contributed by atoms with Crippen LogP contribution < -0.4 is 10.0 Å². The molecule has 0 spiro atoms. The van der Waals surface area contributed by atoms with Gasteiger partial charge in [0.15, 0.2) is 5.76 Å². The third-order valence-electron chi connectivity index (χ3n) is 4.82. The Labute approximate surface area is 190 Å². The Bertz CT molecular complexity index is 1390. The van der Waals surface area contributed by atoms with Gasteiger partial charge >= 0.3 is 0 Å². The van der Waals surface area contributed by atoms with E-state index < -0.39 is 21.8 Å². The van der Waals surface area contributed by atoms with E-state index in [9.17, 15) is 18.0 Å². The minimum absolute atomic E-state index is 0.0135. The largest absolute Gasteiger partial charge is 0.354 e. The second-order valence-corrected chi connectivity index (χ2v) is 8.90. The molecule has 1 aromatic heterocycles. The van der Waals surface area contributed by atoms with Crippen LogP contribution >= 0.6 is 0 Å². The predicted molar refractivity (Wildman–Crippen MR) is 122 cm³/mol. The highest BCUT2D eigenvalue weighted by molar-refractivity contribution is 7.90. The van der Waals surface area contributed by atoms with Gasteiger partial charge in [0.2, 0.25) is 0 Å². The van der Waals surface area contributed by atoms with Crippen LogP contribution in [-0.4, -0.2) is 25.4 Å². The van der Waals surface area contributed by atoms with Gasteiger partial charge in [0.1, 0.15) is 5.69 Å². The molecule has 4 aromatic rings. The molecule has 0 aliphatic heterocycles. The van der Waals surface area contributed by atoms with Crippen LogP contribution in [0.4, 0.5) is 5.69 Å². The number of anilines is 1. The highest BCUT2D eigenvalue weighted by Gasteiger charge is 2.19. The predicted octanol–water partition coefficient (Wildman–Crippen LogP) is 4.02. The van der Waals surface area contributed by atoms with Crippen molar-refractivity contribution in [2.45, 2.75) is 11.8 Å². The summed E-state index contributed by atoms with van der Waals surface area (Å²) < 4.78 is 32.1. The van der Waals surface area contributed by atoms with Crippen molar-refractivity contribution in [1.82, 2.24) is 9.88 Å². The lowest BCUT2D eigenvalue weighted by atomic mass is 10.1. The Morgan fingerprint density at radius 2 is 1.42 bits per heavy atom. The number of sulfonamides is 1. The highest BCUT2D eigenvalue weighted by Crippen LogP contribution is 2.27.